The Hall–Kier alpha value is -0.320. The molecule has 0 aromatic heterocycles. The number of nitrogens with one attached hydrogen (secondary N) is 1. The van der Waals surface area contributed by atoms with Gasteiger partial charge in [0.05, 0.1) is 20.3 Å². The van der Waals surface area contributed by atoms with Gasteiger partial charge in [0.25, 0.3) is 0 Å². The van der Waals surface area contributed by atoms with Crippen LogP contribution < -0.4 is 5.32 Å². The van der Waals surface area contributed by atoms with Crippen LogP contribution in [0.4, 0.5) is 0 Å². The van der Waals surface area contributed by atoms with Crippen molar-refractivity contribution in [3.63, 3.8) is 0 Å². The third kappa shape index (κ3) is 2.33. The molecule has 0 unspecified atom stereocenters. The predicted octanol–water partition coefficient (Wildman–Crippen LogP) is -0.0403. The van der Waals surface area contributed by atoms with Crippen LogP contribution in [0.2, 0.25) is 0 Å². The molecule has 0 aromatic carbocycles. The highest BCUT2D eigenvalue weighted by Crippen LogP contribution is 2.09. The van der Waals surface area contributed by atoms with Gasteiger partial charge in [0, 0.05) is 6.54 Å². The highest BCUT2D eigenvalue weighted by molar-refractivity contribution is 5.85. The second kappa shape index (κ2) is 4.64. The number of ether oxygens (including phenoxy) is 2. The van der Waals surface area contributed by atoms with Gasteiger partial charge in [0.2, 0.25) is 0 Å². The summed E-state index contributed by atoms with van der Waals surface area (Å²) in [5, 5.41) is 3.05. The van der Waals surface area contributed by atoms with Gasteiger partial charge in [0.1, 0.15) is 5.54 Å². The van der Waals surface area contributed by atoms with Crippen LogP contribution in [-0.4, -0.2) is 38.4 Å². The van der Waals surface area contributed by atoms with Crippen LogP contribution in [-0.2, 0) is 14.3 Å². The Morgan fingerprint density at radius 2 is 2.33 bits per heavy atom. The maximum atomic E-state index is 11.1. The van der Waals surface area contributed by atoms with Gasteiger partial charge in [-0.05, 0) is 6.92 Å². The highest BCUT2D eigenvalue weighted by Gasteiger charge is 2.36. The molecule has 1 heterocycles. The zero-order valence-electron chi connectivity index (χ0n) is 7.25. The first-order valence-corrected chi connectivity index (χ1v) is 3.60. The minimum Gasteiger partial charge on any atom is -0.468 e. The molecule has 1 N–H and O–H groups in total. The van der Waals surface area contributed by atoms with Gasteiger partial charge < -0.3 is 9.47 Å². The average Bonchev–Trinajstić information content (AvgIpc) is 2.04. The van der Waals surface area contributed by atoms with Crippen LogP contribution in [0.5, 0.6) is 0 Å². The molecule has 0 amide bonds. The molecular weight excluding hydrogens is 182 g/mol. The largest absolute Gasteiger partial charge is 0.468 e. The number of hydrogen-bond acceptors (Lipinski definition) is 4. The van der Waals surface area contributed by atoms with Crippen molar-refractivity contribution in [2.45, 2.75) is 12.5 Å². The Balaban J connectivity index is 0.00000121. The van der Waals surface area contributed by atoms with Gasteiger partial charge in [-0.15, -0.1) is 12.4 Å². The lowest BCUT2D eigenvalue weighted by molar-refractivity contribution is -0.152. The SMILES string of the molecule is COC(=O)[C@]1(C)COCCN1.Cl. The second-order valence-electron chi connectivity index (χ2n) is 2.80. The zero-order chi connectivity index (χ0) is 8.32. The summed E-state index contributed by atoms with van der Waals surface area (Å²) in [5.41, 5.74) is -0.646. The van der Waals surface area contributed by atoms with Gasteiger partial charge in [-0.3, -0.25) is 5.32 Å². The predicted molar refractivity (Wildman–Crippen MR) is 46.5 cm³/mol. The van der Waals surface area contributed by atoms with Crippen LogP contribution in [0.1, 0.15) is 6.92 Å². The summed E-state index contributed by atoms with van der Waals surface area (Å²) >= 11 is 0. The van der Waals surface area contributed by atoms with E-state index in [1.807, 2.05) is 0 Å². The molecule has 1 aliphatic rings. The molecule has 1 rings (SSSR count). The molecule has 1 aliphatic heterocycles. The van der Waals surface area contributed by atoms with E-state index in [0.717, 1.165) is 0 Å². The van der Waals surface area contributed by atoms with E-state index < -0.39 is 5.54 Å². The number of rotatable bonds is 1. The molecule has 72 valence electrons. The quantitative estimate of drug-likeness (QED) is 0.597. The number of hydrogen-bond donors (Lipinski definition) is 1. The van der Waals surface area contributed by atoms with Gasteiger partial charge in [-0.25, -0.2) is 4.79 Å². The molecule has 0 aliphatic carbocycles. The van der Waals surface area contributed by atoms with Crippen LogP contribution >= 0.6 is 12.4 Å². The second-order valence-corrected chi connectivity index (χ2v) is 2.80. The lowest BCUT2D eigenvalue weighted by Gasteiger charge is -2.31. The standard InChI is InChI=1S/C7H13NO3.ClH/c1-7(6(9)10-2)5-11-4-3-8-7;/h8H,3-5H2,1-2H3;1H/t7-;/m0./s1. The fourth-order valence-electron chi connectivity index (χ4n) is 1.08. The normalized spacial score (nSPS) is 28.8. The smallest absolute Gasteiger partial charge is 0.328 e. The van der Waals surface area contributed by atoms with E-state index >= 15 is 0 Å². The zero-order valence-corrected chi connectivity index (χ0v) is 8.07. The van der Waals surface area contributed by atoms with E-state index in [1.165, 1.54) is 7.11 Å². The Morgan fingerprint density at radius 3 is 2.75 bits per heavy atom. The number of halogens is 1. The summed E-state index contributed by atoms with van der Waals surface area (Å²) in [6.07, 6.45) is 0. The van der Waals surface area contributed by atoms with Gasteiger partial charge in [-0.2, -0.15) is 0 Å². The lowest BCUT2D eigenvalue weighted by atomic mass is 10.0. The highest BCUT2D eigenvalue weighted by atomic mass is 35.5. The number of methoxy groups -OCH3 is 1. The summed E-state index contributed by atoms with van der Waals surface area (Å²) in [6, 6.07) is 0. The average molecular weight is 196 g/mol. The van der Waals surface area contributed by atoms with E-state index in [-0.39, 0.29) is 18.4 Å². The van der Waals surface area contributed by atoms with Crippen molar-refractivity contribution in [3.05, 3.63) is 0 Å². The minimum atomic E-state index is -0.646. The van der Waals surface area contributed by atoms with Crippen LogP contribution in [0, 0.1) is 0 Å². The number of carbonyl (C=O) groups excluding carboxylic acids is 1. The maximum Gasteiger partial charge on any atom is 0.328 e. The summed E-state index contributed by atoms with van der Waals surface area (Å²) in [7, 11) is 1.38. The van der Waals surface area contributed by atoms with Gasteiger partial charge in [0.15, 0.2) is 0 Å². The van der Waals surface area contributed by atoms with Gasteiger partial charge in [-0.1, -0.05) is 0 Å². The summed E-state index contributed by atoms with van der Waals surface area (Å²) in [5.74, 6) is -0.266. The molecule has 5 heteroatoms. The van der Waals surface area contributed by atoms with Crippen molar-refractivity contribution in [2.75, 3.05) is 26.9 Å². The third-order valence-electron chi connectivity index (χ3n) is 1.79. The summed E-state index contributed by atoms with van der Waals surface area (Å²) < 4.78 is 9.76. The van der Waals surface area contributed by atoms with Crippen LogP contribution in [0.15, 0.2) is 0 Å². The third-order valence-corrected chi connectivity index (χ3v) is 1.79. The van der Waals surface area contributed by atoms with E-state index in [4.69, 9.17) is 4.74 Å². The Morgan fingerprint density at radius 1 is 1.67 bits per heavy atom. The Labute approximate surface area is 78.0 Å². The first-order valence-electron chi connectivity index (χ1n) is 3.60. The fourth-order valence-corrected chi connectivity index (χ4v) is 1.08. The molecule has 1 atom stereocenters. The van der Waals surface area contributed by atoms with Crippen molar-refractivity contribution in [1.29, 1.82) is 0 Å². The fraction of sp³-hybridized carbons (Fsp3) is 0.857. The van der Waals surface area contributed by atoms with Crippen molar-refractivity contribution in [3.8, 4) is 0 Å². The maximum absolute atomic E-state index is 11.1. The van der Waals surface area contributed by atoms with Crippen molar-refractivity contribution in [2.24, 2.45) is 0 Å². The van der Waals surface area contributed by atoms with E-state index in [2.05, 4.69) is 10.1 Å². The minimum absolute atomic E-state index is 0. The van der Waals surface area contributed by atoms with E-state index in [0.29, 0.717) is 19.8 Å². The van der Waals surface area contributed by atoms with Crippen LogP contribution in [0.25, 0.3) is 0 Å². The number of morpholine rings is 1. The molecule has 1 fully saturated rings. The molecule has 1 saturated heterocycles. The summed E-state index contributed by atoms with van der Waals surface area (Å²) in [4.78, 5) is 11.1. The molecular formula is C7H14ClNO3. The lowest BCUT2D eigenvalue weighted by Crippen LogP contribution is -2.57. The molecule has 0 radical (unpaired) electrons. The molecule has 4 nitrogen and oxygen atoms in total. The number of esters is 1. The molecule has 0 aromatic rings. The summed E-state index contributed by atoms with van der Waals surface area (Å²) in [6.45, 7) is 3.52. The topological polar surface area (TPSA) is 47.6 Å². The van der Waals surface area contributed by atoms with Crippen molar-refractivity contribution < 1.29 is 14.3 Å². The number of carbonyl (C=O) groups is 1. The monoisotopic (exact) mass is 195 g/mol. The van der Waals surface area contributed by atoms with E-state index in [9.17, 15) is 4.79 Å². The Kier molecular flexibility index (Phi) is 4.52. The van der Waals surface area contributed by atoms with Crippen molar-refractivity contribution in [1.82, 2.24) is 5.32 Å². The van der Waals surface area contributed by atoms with E-state index in [1.54, 1.807) is 6.92 Å². The first-order chi connectivity index (χ1) is 5.19. The molecule has 12 heavy (non-hydrogen) atoms. The molecule has 0 spiro atoms. The van der Waals surface area contributed by atoms with Crippen LogP contribution in [0.3, 0.4) is 0 Å². The molecule has 0 saturated carbocycles. The Bertz CT molecular complexity index is 157. The van der Waals surface area contributed by atoms with Crippen molar-refractivity contribution >= 4 is 18.4 Å². The molecule has 0 bridgehead atoms. The van der Waals surface area contributed by atoms with Gasteiger partial charge >= 0.3 is 5.97 Å². The first kappa shape index (κ1) is 11.7.